The normalized spacial score (nSPS) is 11.2. The van der Waals surface area contributed by atoms with E-state index in [-0.39, 0.29) is 5.78 Å². The van der Waals surface area contributed by atoms with Crippen LogP contribution in [0.4, 0.5) is 0 Å². The fourth-order valence-electron chi connectivity index (χ4n) is 4.17. The molecule has 3 heterocycles. The SMILES string of the molecule is COc1ccc(-c2nc3sc(C)nn3c2/C=C/C(=O)c2cccc(-c3cc(OC)c(OC)c(OC)c3)n2)cc1. The van der Waals surface area contributed by atoms with Crippen LogP contribution in [-0.4, -0.2) is 53.8 Å². The third-order valence-electron chi connectivity index (χ3n) is 6.06. The molecule has 0 aliphatic heterocycles. The van der Waals surface area contributed by atoms with Gasteiger partial charge in [-0.3, -0.25) is 4.79 Å². The van der Waals surface area contributed by atoms with Crippen molar-refractivity contribution in [3.05, 3.63) is 77.1 Å². The van der Waals surface area contributed by atoms with E-state index >= 15 is 0 Å². The van der Waals surface area contributed by atoms with Gasteiger partial charge in [-0.1, -0.05) is 17.4 Å². The average molecular weight is 543 g/mol. The average Bonchev–Trinajstić information content (AvgIpc) is 3.50. The Balaban J connectivity index is 1.50. The second-order valence-electron chi connectivity index (χ2n) is 8.41. The summed E-state index contributed by atoms with van der Waals surface area (Å²) in [4.78, 5) is 23.4. The van der Waals surface area contributed by atoms with Gasteiger partial charge in [0, 0.05) is 11.1 Å². The van der Waals surface area contributed by atoms with E-state index in [1.165, 1.54) is 17.4 Å². The van der Waals surface area contributed by atoms with Crippen molar-refractivity contribution in [2.75, 3.05) is 28.4 Å². The second-order valence-corrected chi connectivity index (χ2v) is 9.57. The van der Waals surface area contributed by atoms with Gasteiger partial charge in [0.2, 0.25) is 16.5 Å². The zero-order chi connectivity index (χ0) is 27.5. The molecule has 10 heteroatoms. The van der Waals surface area contributed by atoms with Gasteiger partial charge in [-0.15, -0.1) is 0 Å². The minimum atomic E-state index is -0.258. The molecular formula is C29H26N4O5S. The topological polar surface area (TPSA) is 97.1 Å². The van der Waals surface area contributed by atoms with Crippen molar-refractivity contribution in [2.24, 2.45) is 0 Å². The summed E-state index contributed by atoms with van der Waals surface area (Å²) in [6.07, 6.45) is 3.22. The Morgan fingerprint density at radius 2 is 1.59 bits per heavy atom. The molecule has 2 aromatic carbocycles. The number of fused-ring (bicyclic) bond motifs is 1. The third kappa shape index (κ3) is 5.06. The second kappa shape index (κ2) is 11.0. The minimum Gasteiger partial charge on any atom is -0.497 e. The number of aromatic nitrogens is 4. The molecule has 0 amide bonds. The van der Waals surface area contributed by atoms with Crippen LogP contribution >= 0.6 is 11.3 Å². The lowest BCUT2D eigenvalue weighted by Crippen LogP contribution is -2.01. The molecule has 0 bridgehead atoms. The number of pyridine rings is 1. The first-order valence-electron chi connectivity index (χ1n) is 12.0. The number of ketones is 1. The highest BCUT2D eigenvalue weighted by molar-refractivity contribution is 7.16. The largest absolute Gasteiger partial charge is 0.497 e. The molecule has 0 aliphatic carbocycles. The number of hydrogen-bond donors (Lipinski definition) is 0. The summed E-state index contributed by atoms with van der Waals surface area (Å²) in [5.41, 5.74) is 3.92. The van der Waals surface area contributed by atoms with Gasteiger partial charge >= 0.3 is 0 Å². The van der Waals surface area contributed by atoms with Crippen LogP contribution in [0, 0.1) is 6.92 Å². The van der Waals surface area contributed by atoms with E-state index in [2.05, 4.69) is 10.1 Å². The monoisotopic (exact) mass is 542 g/mol. The van der Waals surface area contributed by atoms with Crippen molar-refractivity contribution < 1.29 is 23.7 Å². The van der Waals surface area contributed by atoms with Gasteiger partial charge in [0.25, 0.3) is 0 Å². The predicted molar refractivity (Wildman–Crippen MR) is 150 cm³/mol. The Labute approximate surface area is 229 Å². The molecule has 0 unspecified atom stereocenters. The van der Waals surface area contributed by atoms with Gasteiger partial charge in [0.05, 0.1) is 45.5 Å². The fraction of sp³-hybridized carbons (Fsp3) is 0.172. The number of benzene rings is 2. The Bertz CT molecular complexity index is 1660. The summed E-state index contributed by atoms with van der Waals surface area (Å²) in [6, 6.07) is 16.5. The standard InChI is InChI=1S/C29H26N4O5S/c1-17-32-33-23(27(31-29(33)39-17)18-9-11-20(35-2)12-10-18)13-14-24(34)22-8-6-7-21(30-22)19-15-25(36-3)28(38-5)26(16-19)37-4/h6-16H,1-5H3/b14-13+. The van der Waals surface area contributed by atoms with Gasteiger partial charge in [-0.2, -0.15) is 5.10 Å². The molecule has 0 aliphatic rings. The molecule has 0 atom stereocenters. The first kappa shape index (κ1) is 25.9. The summed E-state index contributed by atoms with van der Waals surface area (Å²) in [6.45, 7) is 1.92. The quantitative estimate of drug-likeness (QED) is 0.171. The number of methoxy groups -OCH3 is 4. The Morgan fingerprint density at radius 3 is 2.23 bits per heavy atom. The maximum atomic E-state index is 13.3. The van der Waals surface area contributed by atoms with Crippen LogP contribution in [-0.2, 0) is 0 Å². The van der Waals surface area contributed by atoms with Gasteiger partial charge in [0.15, 0.2) is 11.5 Å². The first-order chi connectivity index (χ1) is 18.9. The Kier molecular flexibility index (Phi) is 7.29. The lowest BCUT2D eigenvalue weighted by Gasteiger charge is -2.14. The molecule has 39 heavy (non-hydrogen) atoms. The number of imidazole rings is 1. The fourth-order valence-corrected chi connectivity index (χ4v) is 4.92. The van der Waals surface area contributed by atoms with Crippen molar-refractivity contribution in [1.82, 2.24) is 19.6 Å². The third-order valence-corrected chi connectivity index (χ3v) is 6.88. The summed E-state index contributed by atoms with van der Waals surface area (Å²) in [5, 5.41) is 5.45. The molecule has 198 valence electrons. The highest BCUT2D eigenvalue weighted by Gasteiger charge is 2.18. The molecule has 0 spiro atoms. The summed E-state index contributed by atoms with van der Waals surface area (Å²) < 4.78 is 23.4. The number of ether oxygens (including phenoxy) is 4. The zero-order valence-corrected chi connectivity index (χ0v) is 22.9. The van der Waals surface area contributed by atoms with Gasteiger partial charge < -0.3 is 18.9 Å². The molecule has 5 aromatic rings. The van der Waals surface area contributed by atoms with Crippen LogP contribution < -0.4 is 18.9 Å². The number of allylic oxidation sites excluding steroid dienone is 1. The van der Waals surface area contributed by atoms with E-state index in [0.29, 0.717) is 34.3 Å². The lowest BCUT2D eigenvalue weighted by atomic mass is 10.1. The van der Waals surface area contributed by atoms with Crippen molar-refractivity contribution in [1.29, 1.82) is 0 Å². The van der Waals surface area contributed by atoms with E-state index < -0.39 is 0 Å². The molecule has 0 N–H and O–H groups in total. The number of hydrogen-bond acceptors (Lipinski definition) is 9. The number of nitrogens with zero attached hydrogens (tertiary/aromatic N) is 4. The number of carbonyl (C=O) groups is 1. The smallest absolute Gasteiger partial charge is 0.213 e. The van der Waals surface area contributed by atoms with Crippen LogP contribution in [0.15, 0.2) is 60.7 Å². The number of carbonyl (C=O) groups excluding carboxylic acids is 1. The van der Waals surface area contributed by atoms with Crippen LogP contribution in [0.5, 0.6) is 23.0 Å². The molecule has 3 aromatic heterocycles. The minimum absolute atomic E-state index is 0.258. The van der Waals surface area contributed by atoms with E-state index in [9.17, 15) is 4.79 Å². The highest BCUT2D eigenvalue weighted by Crippen LogP contribution is 2.40. The summed E-state index contributed by atoms with van der Waals surface area (Å²) in [5.74, 6) is 1.97. The molecule has 5 rings (SSSR count). The molecule has 0 fully saturated rings. The molecule has 0 saturated heterocycles. The Morgan fingerprint density at radius 1 is 0.872 bits per heavy atom. The van der Waals surface area contributed by atoms with E-state index in [1.54, 1.807) is 63.3 Å². The molecule has 0 radical (unpaired) electrons. The van der Waals surface area contributed by atoms with Crippen LogP contribution in [0.3, 0.4) is 0 Å². The molecule has 0 saturated carbocycles. The Hall–Kier alpha value is -4.70. The van der Waals surface area contributed by atoms with E-state index in [4.69, 9.17) is 23.9 Å². The number of rotatable bonds is 9. The maximum absolute atomic E-state index is 13.3. The number of aryl methyl sites for hydroxylation is 1. The van der Waals surface area contributed by atoms with Crippen molar-refractivity contribution in [3.63, 3.8) is 0 Å². The van der Waals surface area contributed by atoms with Gasteiger partial charge in [-0.05, 0) is 67.6 Å². The van der Waals surface area contributed by atoms with Crippen molar-refractivity contribution in [3.8, 4) is 45.5 Å². The van der Waals surface area contributed by atoms with Crippen molar-refractivity contribution >= 4 is 28.2 Å². The highest BCUT2D eigenvalue weighted by atomic mass is 32.1. The maximum Gasteiger partial charge on any atom is 0.213 e. The summed E-state index contributed by atoms with van der Waals surface area (Å²) in [7, 11) is 6.28. The van der Waals surface area contributed by atoms with E-state index in [0.717, 1.165) is 32.5 Å². The van der Waals surface area contributed by atoms with Crippen LogP contribution in [0.25, 0.3) is 33.6 Å². The van der Waals surface area contributed by atoms with Gasteiger partial charge in [-0.25, -0.2) is 14.5 Å². The van der Waals surface area contributed by atoms with E-state index in [1.807, 2.05) is 37.3 Å². The first-order valence-corrected chi connectivity index (χ1v) is 12.8. The molecule has 9 nitrogen and oxygen atoms in total. The van der Waals surface area contributed by atoms with Crippen LogP contribution in [0.2, 0.25) is 0 Å². The van der Waals surface area contributed by atoms with Crippen LogP contribution in [0.1, 0.15) is 21.2 Å². The predicted octanol–water partition coefficient (Wildman–Crippen LogP) is 5.76. The van der Waals surface area contributed by atoms with Crippen molar-refractivity contribution in [2.45, 2.75) is 6.92 Å². The molecular weight excluding hydrogens is 516 g/mol. The summed E-state index contributed by atoms with van der Waals surface area (Å²) >= 11 is 1.48. The lowest BCUT2D eigenvalue weighted by molar-refractivity contribution is 0.104. The zero-order valence-electron chi connectivity index (χ0n) is 22.1. The van der Waals surface area contributed by atoms with Gasteiger partial charge in [0.1, 0.15) is 16.5 Å².